The van der Waals surface area contributed by atoms with Gasteiger partial charge >= 0.3 is 0 Å². The average Bonchev–Trinajstić information content (AvgIpc) is 2.28. The van der Waals surface area contributed by atoms with Gasteiger partial charge in [-0.25, -0.2) is 0 Å². The highest BCUT2D eigenvalue weighted by Gasteiger charge is 1.87. The topological polar surface area (TPSA) is 3.24 Å². The lowest BCUT2D eigenvalue weighted by atomic mass is 10.3. The molecule has 0 saturated carbocycles. The van der Waals surface area contributed by atoms with E-state index < -0.39 is 0 Å². The minimum absolute atomic E-state index is 0. The first kappa shape index (κ1) is 18.0. The Labute approximate surface area is 112 Å². The van der Waals surface area contributed by atoms with Crippen LogP contribution >= 0.6 is 25.1 Å². The lowest BCUT2D eigenvalue weighted by molar-refractivity contribution is 0.776. The quantitative estimate of drug-likeness (QED) is 0.578. The predicted octanol–water partition coefficient (Wildman–Crippen LogP) is 4.28. The summed E-state index contributed by atoms with van der Waals surface area (Å²) in [4.78, 5) is 2.08. The van der Waals surface area contributed by atoms with Crippen LogP contribution in [-0.4, -0.2) is 20.0 Å². The first-order valence-electron chi connectivity index (χ1n) is 5.50. The van der Waals surface area contributed by atoms with Crippen molar-refractivity contribution in [3.8, 4) is 0 Å². The highest BCUT2D eigenvalue weighted by Crippen LogP contribution is 2.07. The predicted molar refractivity (Wildman–Crippen MR) is 81.4 cm³/mol. The van der Waals surface area contributed by atoms with Gasteiger partial charge < -0.3 is 4.90 Å². The molecule has 1 aromatic rings. The first-order valence-corrected chi connectivity index (χ1v) is 6.04. The molecular formula is C13H24ClNS. The van der Waals surface area contributed by atoms with Crippen LogP contribution in [-0.2, 0) is 0 Å². The Kier molecular flexibility index (Phi) is 14.3. The van der Waals surface area contributed by atoms with E-state index in [4.69, 9.17) is 11.6 Å². The number of alkyl halides is 1. The SMILES string of the molecule is CCCCCCl.CN(C)c1ccccc1.S. The van der Waals surface area contributed by atoms with Crippen molar-refractivity contribution in [2.24, 2.45) is 0 Å². The number of para-hydroxylation sites is 1. The molecule has 0 N–H and O–H groups in total. The zero-order chi connectivity index (χ0) is 11.5. The molecule has 0 spiro atoms. The molecule has 0 fully saturated rings. The number of unbranched alkanes of at least 4 members (excludes halogenated alkanes) is 2. The summed E-state index contributed by atoms with van der Waals surface area (Å²) < 4.78 is 0. The molecule has 0 atom stereocenters. The number of nitrogens with zero attached hydrogens (tertiary/aromatic N) is 1. The van der Waals surface area contributed by atoms with Gasteiger partial charge in [0.25, 0.3) is 0 Å². The van der Waals surface area contributed by atoms with E-state index in [0.29, 0.717) is 0 Å². The molecule has 0 amide bonds. The van der Waals surface area contributed by atoms with Crippen molar-refractivity contribution in [2.45, 2.75) is 26.2 Å². The molecule has 3 heteroatoms. The maximum Gasteiger partial charge on any atom is 0.0360 e. The molecule has 1 rings (SSSR count). The van der Waals surface area contributed by atoms with Gasteiger partial charge in [0, 0.05) is 25.7 Å². The molecule has 0 aliphatic heterocycles. The van der Waals surface area contributed by atoms with Gasteiger partial charge in [0.2, 0.25) is 0 Å². The van der Waals surface area contributed by atoms with E-state index in [-0.39, 0.29) is 13.5 Å². The van der Waals surface area contributed by atoms with Crippen LogP contribution in [0.15, 0.2) is 30.3 Å². The van der Waals surface area contributed by atoms with Crippen LogP contribution in [0.1, 0.15) is 26.2 Å². The summed E-state index contributed by atoms with van der Waals surface area (Å²) in [6, 6.07) is 10.3. The second-order valence-corrected chi connectivity index (χ2v) is 4.00. The molecule has 1 nitrogen and oxygen atoms in total. The van der Waals surface area contributed by atoms with E-state index in [2.05, 4.69) is 24.0 Å². The van der Waals surface area contributed by atoms with Crippen LogP contribution < -0.4 is 4.90 Å². The second kappa shape index (κ2) is 12.7. The molecule has 0 saturated heterocycles. The Balaban J connectivity index is 0. The van der Waals surface area contributed by atoms with Gasteiger partial charge in [-0.3, -0.25) is 0 Å². The summed E-state index contributed by atoms with van der Waals surface area (Å²) in [5, 5.41) is 0. The molecule has 1 aromatic carbocycles. The van der Waals surface area contributed by atoms with Gasteiger partial charge in [-0.15, -0.1) is 11.6 Å². The zero-order valence-corrected chi connectivity index (χ0v) is 12.3. The van der Waals surface area contributed by atoms with Crippen molar-refractivity contribution in [1.82, 2.24) is 0 Å². The first-order chi connectivity index (χ1) is 7.22. The molecule has 16 heavy (non-hydrogen) atoms. The summed E-state index contributed by atoms with van der Waals surface area (Å²) >= 11 is 5.38. The number of benzene rings is 1. The smallest absolute Gasteiger partial charge is 0.0360 e. The number of halogens is 1. The van der Waals surface area contributed by atoms with E-state index in [1.807, 2.05) is 32.3 Å². The third-order valence-corrected chi connectivity index (χ3v) is 2.28. The molecule has 0 heterocycles. The van der Waals surface area contributed by atoms with Crippen molar-refractivity contribution >= 4 is 30.8 Å². The summed E-state index contributed by atoms with van der Waals surface area (Å²) in [6.07, 6.45) is 3.73. The van der Waals surface area contributed by atoms with Gasteiger partial charge in [0.15, 0.2) is 0 Å². The monoisotopic (exact) mass is 261 g/mol. The van der Waals surface area contributed by atoms with Gasteiger partial charge in [-0.2, -0.15) is 13.5 Å². The fraction of sp³-hybridized carbons (Fsp3) is 0.538. The van der Waals surface area contributed by atoms with Gasteiger partial charge in [0.05, 0.1) is 0 Å². The summed E-state index contributed by atoms with van der Waals surface area (Å²) in [5.74, 6) is 0.827. The summed E-state index contributed by atoms with van der Waals surface area (Å²) in [6.45, 7) is 2.17. The third kappa shape index (κ3) is 10.2. The van der Waals surface area contributed by atoms with Crippen molar-refractivity contribution in [3.05, 3.63) is 30.3 Å². The van der Waals surface area contributed by atoms with Gasteiger partial charge in [0.1, 0.15) is 0 Å². The number of hydrogen-bond acceptors (Lipinski definition) is 1. The van der Waals surface area contributed by atoms with Gasteiger partial charge in [-0.1, -0.05) is 38.0 Å². The van der Waals surface area contributed by atoms with Crippen LogP contribution in [0, 0.1) is 0 Å². The van der Waals surface area contributed by atoms with Crippen molar-refractivity contribution < 1.29 is 0 Å². The van der Waals surface area contributed by atoms with Crippen LogP contribution in [0.3, 0.4) is 0 Å². The second-order valence-electron chi connectivity index (χ2n) is 3.63. The minimum Gasteiger partial charge on any atom is -0.378 e. The Hall–Kier alpha value is -0.340. The molecule has 0 aliphatic carbocycles. The number of hydrogen-bond donors (Lipinski definition) is 0. The average molecular weight is 262 g/mol. The van der Waals surface area contributed by atoms with Crippen LogP contribution in [0.4, 0.5) is 5.69 Å². The normalized spacial score (nSPS) is 8.50. The molecule has 0 bridgehead atoms. The van der Waals surface area contributed by atoms with Gasteiger partial charge in [-0.05, 0) is 18.6 Å². The highest BCUT2D eigenvalue weighted by atomic mass is 35.5. The number of rotatable bonds is 4. The highest BCUT2D eigenvalue weighted by molar-refractivity contribution is 7.59. The van der Waals surface area contributed by atoms with E-state index in [1.54, 1.807) is 0 Å². The molecule has 0 aliphatic rings. The van der Waals surface area contributed by atoms with Crippen molar-refractivity contribution in [3.63, 3.8) is 0 Å². The Bertz CT molecular complexity index is 223. The fourth-order valence-electron chi connectivity index (χ4n) is 1.07. The van der Waals surface area contributed by atoms with E-state index in [9.17, 15) is 0 Å². The lowest BCUT2D eigenvalue weighted by Gasteiger charge is -2.10. The number of anilines is 1. The molecular weight excluding hydrogens is 238 g/mol. The maximum atomic E-state index is 5.38. The minimum atomic E-state index is 0. The Morgan fingerprint density at radius 3 is 1.88 bits per heavy atom. The Morgan fingerprint density at radius 2 is 1.62 bits per heavy atom. The van der Waals surface area contributed by atoms with Crippen LogP contribution in [0.2, 0.25) is 0 Å². The van der Waals surface area contributed by atoms with Crippen LogP contribution in [0.25, 0.3) is 0 Å². The molecule has 94 valence electrons. The standard InChI is InChI=1S/C8H11N.C5H11Cl.H2S/c1-9(2)8-6-4-3-5-7-8;1-2-3-4-5-6;/h3-7H,1-2H3;2-5H2,1H3;1H2. The lowest BCUT2D eigenvalue weighted by Crippen LogP contribution is -2.07. The summed E-state index contributed by atoms with van der Waals surface area (Å²) in [7, 11) is 4.07. The van der Waals surface area contributed by atoms with Crippen molar-refractivity contribution in [1.29, 1.82) is 0 Å². The van der Waals surface area contributed by atoms with E-state index >= 15 is 0 Å². The molecule has 0 unspecified atom stereocenters. The Morgan fingerprint density at radius 1 is 1.06 bits per heavy atom. The largest absolute Gasteiger partial charge is 0.378 e. The van der Waals surface area contributed by atoms with Crippen molar-refractivity contribution in [2.75, 3.05) is 24.9 Å². The van der Waals surface area contributed by atoms with E-state index in [1.165, 1.54) is 24.9 Å². The summed E-state index contributed by atoms with van der Waals surface area (Å²) in [5.41, 5.74) is 1.25. The van der Waals surface area contributed by atoms with E-state index in [0.717, 1.165) is 5.88 Å². The zero-order valence-electron chi connectivity index (χ0n) is 10.5. The maximum absolute atomic E-state index is 5.38. The fourth-order valence-corrected chi connectivity index (χ4v) is 1.26. The van der Waals surface area contributed by atoms with Crippen LogP contribution in [0.5, 0.6) is 0 Å². The molecule has 0 aromatic heterocycles. The third-order valence-electron chi connectivity index (χ3n) is 2.01. The molecule has 0 radical (unpaired) electrons.